The molecule has 1 aliphatic heterocycles. The van der Waals surface area contributed by atoms with Crippen molar-refractivity contribution in [1.82, 2.24) is 14.9 Å². The highest BCUT2D eigenvalue weighted by Crippen LogP contribution is 2.30. The summed E-state index contributed by atoms with van der Waals surface area (Å²) in [6.07, 6.45) is 0.648. The van der Waals surface area contributed by atoms with Crippen molar-refractivity contribution in [2.24, 2.45) is 5.92 Å². The number of carbonyl (C=O) groups excluding carboxylic acids is 1. The third-order valence-electron chi connectivity index (χ3n) is 6.04. The number of ether oxygens (including phenoxy) is 1. The topological polar surface area (TPSA) is 58.6 Å². The Kier molecular flexibility index (Phi) is 7.80. The molecular formula is C27H31ClN4O2. The first-order valence-corrected chi connectivity index (χ1v) is 12.1. The lowest BCUT2D eigenvalue weighted by Gasteiger charge is -2.37. The zero-order valence-electron chi connectivity index (χ0n) is 20.0. The minimum Gasteiger partial charge on any atom is -0.378 e. The van der Waals surface area contributed by atoms with E-state index in [4.69, 9.17) is 26.3 Å². The fourth-order valence-corrected chi connectivity index (χ4v) is 4.50. The monoisotopic (exact) mass is 478 g/mol. The predicted octanol–water partition coefficient (Wildman–Crippen LogP) is 4.84. The van der Waals surface area contributed by atoms with E-state index < -0.39 is 0 Å². The summed E-state index contributed by atoms with van der Waals surface area (Å²) in [5.74, 6) is 1.78. The number of carbonyl (C=O) groups is 1. The molecule has 1 aromatic heterocycles. The number of hydrogen-bond acceptors (Lipinski definition) is 5. The summed E-state index contributed by atoms with van der Waals surface area (Å²) in [5.41, 5.74) is 3.96. The summed E-state index contributed by atoms with van der Waals surface area (Å²) < 4.78 is 5.55. The highest BCUT2D eigenvalue weighted by molar-refractivity contribution is 6.30. The number of hydrogen-bond donors (Lipinski definition) is 0. The van der Waals surface area contributed by atoms with E-state index in [0.717, 1.165) is 41.3 Å². The van der Waals surface area contributed by atoms with Gasteiger partial charge in [-0.15, -0.1) is 0 Å². The van der Waals surface area contributed by atoms with Crippen molar-refractivity contribution in [3.63, 3.8) is 0 Å². The Balaban J connectivity index is 1.75. The number of methoxy groups -OCH3 is 1. The number of piperazine rings is 1. The summed E-state index contributed by atoms with van der Waals surface area (Å²) in [7, 11) is 1.68. The number of anilines is 1. The van der Waals surface area contributed by atoms with E-state index in [0.29, 0.717) is 37.0 Å². The third kappa shape index (κ3) is 5.57. The van der Waals surface area contributed by atoms with Crippen molar-refractivity contribution in [3.8, 4) is 11.4 Å². The Labute approximate surface area is 206 Å². The van der Waals surface area contributed by atoms with Crippen LogP contribution >= 0.6 is 11.6 Å². The maximum absolute atomic E-state index is 12.5. The molecule has 34 heavy (non-hydrogen) atoms. The molecule has 1 saturated heterocycles. The molecule has 0 aliphatic carbocycles. The molecule has 6 nitrogen and oxygen atoms in total. The van der Waals surface area contributed by atoms with Crippen LogP contribution in [0.15, 0.2) is 54.6 Å². The van der Waals surface area contributed by atoms with Crippen molar-refractivity contribution in [1.29, 1.82) is 0 Å². The zero-order valence-corrected chi connectivity index (χ0v) is 20.8. The molecule has 1 amide bonds. The second-order valence-corrected chi connectivity index (χ2v) is 9.31. The first-order valence-electron chi connectivity index (χ1n) is 11.7. The fourth-order valence-electron chi connectivity index (χ4n) is 4.29. The van der Waals surface area contributed by atoms with Crippen molar-refractivity contribution in [2.75, 3.05) is 38.2 Å². The number of halogens is 1. The van der Waals surface area contributed by atoms with Gasteiger partial charge in [-0.1, -0.05) is 67.9 Å². The Morgan fingerprint density at radius 3 is 2.41 bits per heavy atom. The summed E-state index contributed by atoms with van der Waals surface area (Å²) in [6, 6.07) is 17.9. The van der Waals surface area contributed by atoms with Crippen LogP contribution in [0.5, 0.6) is 0 Å². The molecule has 178 valence electrons. The number of amides is 1. The van der Waals surface area contributed by atoms with Gasteiger partial charge in [0.1, 0.15) is 5.82 Å². The van der Waals surface area contributed by atoms with Crippen LogP contribution in [-0.4, -0.2) is 54.1 Å². The van der Waals surface area contributed by atoms with Gasteiger partial charge >= 0.3 is 0 Å². The Morgan fingerprint density at radius 1 is 1.03 bits per heavy atom. The van der Waals surface area contributed by atoms with Crippen LogP contribution in [0.3, 0.4) is 0 Å². The van der Waals surface area contributed by atoms with Crippen molar-refractivity contribution >= 4 is 23.3 Å². The lowest BCUT2D eigenvalue weighted by molar-refractivity contribution is -0.134. The van der Waals surface area contributed by atoms with Gasteiger partial charge in [0.15, 0.2) is 5.82 Å². The van der Waals surface area contributed by atoms with Gasteiger partial charge in [0.25, 0.3) is 0 Å². The predicted molar refractivity (Wildman–Crippen MR) is 136 cm³/mol. The van der Waals surface area contributed by atoms with Gasteiger partial charge in [0.2, 0.25) is 5.91 Å². The van der Waals surface area contributed by atoms with Crippen molar-refractivity contribution in [3.05, 3.63) is 76.4 Å². The van der Waals surface area contributed by atoms with Crippen LogP contribution < -0.4 is 4.90 Å². The molecule has 1 aliphatic rings. The van der Waals surface area contributed by atoms with Crippen molar-refractivity contribution in [2.45, 2.75) is 26.9 Å². The average molecular weight is 479 g/mol. The molecule has 2 heterocycles. The van der Waals surface area contributed by atoms with E-state index in [1.54, 1.807) is 7.11 Å². The Bertz CT molecular complexity index is 1130. The quantitative estimate of drug-likeness (QED) is 0.486. The SMILES string of the molecule is COCc1nc(-c2ccccc2)nc(N2CCN(C(=O)C(C)C)CC2)c1Cc1cccc(Cl)c1. The van der Waals surface area contributed by atoms with Crippen LogP contribution in [0.25, 0.3) is 11.4 Å². The standard InChI is InChI=1S/C27H31ClN4O2/c1-19(2)27(33)32-14-12-31(13-15-32)26-23(17-20-8-7-11-22(28)16-20)24(18-34-3)29-25(30-26)21-9-5-4-6-10-21/h4-11,16,19H,12-15,17-18H2,1-3H3. The molecule has 0 unspecified atom stereocenters. The average Bonchev–Trinajstić information content (AvgIpc) is 2.85. The van der Waals surface area contributed by atoms with Crippen LogP contribution in [0.4, 0.5) is 5.82 Å². The van der Waals surface area contributed by atoms with Gasteiger partial charge in [0.05, 0.1) is 12.3 Å². The van der Waals surface area contributed by atoms with Gasteiger partial charge in [-0.2, -0.15) is 0 Å². The molecule has 0 N–H and O–H groups in total. The first-order chi connectivity index (χ1) is 16.5. The molecule has 7 heteroatoms. The molecule has 2 aromatic carbocycles. The van der Waals surface area contributed by atoms with Gasteiger partial charge < -0.3 is 14.5 Å². The number of benzene rings is 2. The minimum absolute atomic E-state index is 0.00183. The second-order valence-electron chi connectivity index (χ2n) is 8.87. The lowest BCUT2D eigenvalue weighted by atomic mass is 10.0. The van der Waals surface area contributed by atoms with Crippen LogP contribution in [0.1, 0.15) is 30.7 Å². The Morgan fingerprint density at radius 2 is 1.76 bits per heavy atom. The molecule has 0 radical (unpaired) electrons. The number of nitrogens with zero attached hydrogens (tertiary/aromatic N) is 4. The lowest BCUT2D eigenvalue weighted by Crippen LogP contribution is -2.50. The minimum atomic E-state index is 0.00183. The summed E-state index contributed by atoms with van der Waals surface area (Å²) in [4.78, 5) is 26.7. The molecule has 0 saturated carbocycles. The van der Waals surface area contributed by atoms with Crippen LogP contribution in [-0.2, 0) is 22.6 Å². The van der Waals surface area contributed by atoms with E-state index in [1.165, 1.54) is 0 Å². The van der Waals surface area contributed by atoms with Gasteiger partial charge in [-0.3, -0.25) is 4.79 Å². The second kappa shape index (κ2) is 11.0. The maximum atomic E-state index is 12.5. The van der Waals surface area contributed by atoms with Gasteiger partial charge in [0, 0.05) is 61.8 Å². The van der Waals surface area contributed by atoms with E-state index >= 15 is 0 Å². The number of aromatic nitrogens is 2. The molecular weight excluding hydrogens is 448 g/mol. The molecule has 4 rings (SSSR count). The van der Waals surface area contributed by atoms with Gasteiger partial charge in [-0.25, -0.2) is 9.97 Å². The smallest absolute Gasteiger partial charge is 0.225 e. The molecule has 3 aromatic rings. The van der Waals surface area contributed by atoms with E-state index in [1.807, 2.05) is 67.3 Å². The first kappa shape index (κ1) is 24.2. The van der Waals surface area contributed by atoms with Crippen LogP contribution in [0, 0.1) is 5.92 Å². The molecule has 1 fully saturated rings. The summed E-state index contributed by atoms with van der Waals surface area (Å²) in [5, 5.41) is 0.704. The zero-order chi connectivity index (χ0) is 24.1. The number of rotatable bonds is 7. The normalized spacial score (nSPS) is 14.0. The maximum Gasteiger partial charge on any atom is 0.225 e. The largest absolute Gasteiger partial charge is 0.378 e. The van der Waals surface area contributed by atoms with E-state index in [9.17, 15) is 4.79 Å². The third-order valence-corrected chi connectivity index (χ3v) is 6.27. The summed E-state index contributed by atoms with van der Waals surface area (Å²) >= 11 is 6.27. The van der Waals surface area contributed by atoms with Crippen molar-refractivity contribution < 1.29 is 9.53 Å². The highest BCUT2D eigenvalue weighted by atomic mass is 35.5. The molecule has 0 bridgehead atoms. The van der Waals surface area contributed by atoms with E-state index in [-0.39, 0.29) is 11.8 Å². The Hall–Kier alpha value is -2.96. The molecule has 0 spiro atoms. The van der Waals surface area contributed by atoms with Gasteiger partial charge in [-0.05, 0) is 17.7 Å². The van der Waals surface area contributed by atoms with E-state index in [2.05, 4.69) is 11.0 Å². The fraction of sp³-hybridized carbons (Fsp3) is 0.370. The highest BCUT2D eigenvalue weighted by Gasteiger charge is 2.27. The molecule has 0 atom stereocenters. The van der Waals surface area contributed by atoms with Crippen LogP contribution in [0.2, 0.25) is 5.02 Å². The summed E-state index contributed by atoms with van der Waals surface area (Å²) in [6.45, 7) is 7.08.